The van der Waals surface area contributed by atoms with Gasteiger partial charge in [0.15, 0.2) is 0 Å². The SMILES string of the molecule is Cn1nc2ccc(S(=O)(=O)Cl)cc2n1. The van der Waals surface area contributed by atoms with E-state index in [9.17, 15) is 8.42 Å². The number of hydrogen-bond acceptors (Lipinski definition) is 4. The highest BCUT2D eigenvalue weighted by Gasteiger charge is 2.11. The molecule has 5 nitrogen and oxygen atoms in total. The number of rotatable bonds is 1. The molecule has 0 saturated carbocycles. The van der Waals surface area contributed by atoms with Gasteiger partial charge in [-0.1, -0.05) is 0 Å². The lowest BCUT2D eigenvalue weighted by Gasteiger charge is -1.93. The number of nitrogens with zero attached hydrogens (tertiary/aromatic N) is 3. The van der Waals surface area contributed by atoms with E-state index < -0.39 is 9.05 Å². The van der Waals surface area contributed by atoms with Gasteiger partial charge in [-0.2, -0.15) is 15.0 Å². The summed E-state index contributed by atoms with van der Waals surface area (Å²) in [5.41, 5.74) is 1.14. The minimum Gasteiger partial charge on any atom is -0.207 e. The summed E-state index contributed by atoms with van der Waals surface area (Å²) >= 11 is 0. The summed E-state index contributed by atoms with van der Waals surface area (Å²) in [7, 11) is 3.15. The van der Waals surface area contributed by atoms with Crippen LogP contribution in [0, 0.1) is 0 Å². The van der Waals surface area contributed by atoms with Crippen molar-refractivity contribution in [2.45, 2.75) is 4.90 Å². The highest BCUT2D eigenvalue weighted by Crippen LogP contribution is 2.18. The van der Waals surface area contributed by atoms with Crippen molar-refractivity contribution in [3.05, 3.63) is 18.2 Å². The van der Waals surface area contributed by atoms with Gasteiger partial charge in [0, 0.05) is 17.7 Å². The number of fused-ring (bicyclic) bond motifs is 1. The van der Waals surface area contributed by atoms with Crippen molar-refractivity contribution < 1.29 is 8.42 Å². The van der Waals surface area contributed by atoms with Crippen LogP contribution in [0.1, 0.15) is 0 Å². The van der Waals surface area contributed by atoms with Crippen molar-refractivity contribution in [2.24, 2.45) is 7.05 Å². The summed E-state index contributed by atoms with van der Waals surface area (Å²) < 4.78 is 22.0. The zero-order valence-electron chi connectivity index (χ0n) is 7.18. The number of halogens is 1. The van der Waals surface area contributed by atoms with E-state index in [1.807, 2.05) is 0 Å². The Morgan fingerprint density at radius 3 is 2.57 bits per heavy atom. The first-order valence-corrected chi connectivity index (χ1v) is 6.03. The topological polar surface area (TPSA) is 64.8 Å². The molecule has 0 bridgehead atoms. The molecule has 0 fully saturated rings. The third-order valence-corrected chi connectivity index (χ3v) is 3.08. The molecule has 0 radical (unpaired) electrons. The zero-order valence-corrected chi connectivity index (χ0v) is 8.75. The lowest BCUT2D eigenvalue weighted by Crippen LogP contribution is -1.90. The molecule has 0 spiro atoms. The molecule has 0 N–H and O–H groups in total. The van der Waals surface area contributed by atoms with Crippen LogP contribution in [0.25, 0.3) is 11.0 Å². The Morgan fingerprint density at radius 2 is 1.93 bits per heavy atom. The smallest absolute Gasteiger partial charge is 0.207 e. The summed E-state index contributed by atoms with van der Waals surface area (Å²) in [6.07, 6.45) is 0. The van der Waals surface area contributed by atoms with Crippen LogP contribution in [0.5, 0.6) is 0 Å². The monoisotopic (exact) mass is 231 g/mol. The van der Waals surface area contributed by atoms with Crippen LogP contribution < -0.4 is 0 Å². The molecule has 0 unspecified atom stereocenters. The van der Waals surface area contributed by atoms with Crippen molar-refractivity contribution in [3.8, 4) is 0 Å². The molecular formula is C7H6ClN3O2S. The van der Waals surface area contributed by atoms with Gasteiger partial charge in [0.1, 0.15) is 11.0 Å². The van der Waals surface area contributed by atoms with Crippen molar-refractivity contribution in [1.29, 1.82) is 0 Å². The molecular weight excluding hydrogens is 226 g/mol. The summed E-state index contributed by atoms with van der Waals surface area (Å²) in [6.45, 7) is 0. The quantitative estimate of drug-likeness (QED) is 0.684. The third kappa shape index (κ3) is 1.58. The molecule has 1 heterocycles. The Bertz CT molecular complexity index is 590. The number of aryl methyl sites for hydroxylation is 1. The second-order valence-electron chi connectivity index (χ2n) is 2.78. The minimum absolute atomic E-state index is 0.0344. The minimum atomic E-state index is -3.69. The first-order valence-electron chi connectivity index (χ1n) is 3.72. The number of benzene rings is 1. The van der Waals surface area contributed by atoms with Gasteiger partial charge < -0.3 is 0 Å². The summed E-state index contributed by atoms with van der Waals surface area (Å²) in [5, 5.41) is 7.97. The van der Waals surface area contributed by atoms with Crippen LogP contribution in [0.15, 0.2) is 23.1 Å². The van der Waals surface area contributed by atoms with Gasteiger partial charge in [-0.3, -0.25) is 0 Å². The molecule has 14 heavy (non-hydrogen) atoms. The predicted octanol–water partition coefficient (Wildman–Crippen LogP) is 0.896. The second kappa shape index (κ2) is 2.93. The van der Waals surface area contributed by atoms with Gasteiger partial charge in [0.2, 0.25) is 0 Å². The standard InChI is InChI=1S/C7H6ClN3O2S/c1-11-9-6-3-2-5(14(8,12)13)4-7(6)10-11/h2-4H,1H3. The molecule has 7 heteroatoms. The molecule has 0 aliphatic rings. The molecule has 0 amide bonds. The maximum Gasteiger partial charge on any atom is 0.261 e. The van der Waals surface area contributed by atoms with E-state index in [2.05, 4.69) is 10.2 Å². The van der Waals surface area contributed by atoms with Crippen LogP contribution in [-0.4, -0.2) is 23.4 Å². The van der Waals surface area contributed by atoms with E-state index >= 15 is 0 Å². The highest BCUT2D eigenvalue weighted by molar-refractivity contribution is 8.13. The molecule has 0 atom stereocenters. The molecule has 0 aliphatic heterocycles. The Kier molecular flexibility index (Phi) is 1.97. The van der Waals surface area contributed by atoms with Crippen LogP contribution in [-0.2, 0) is 16.1 Å². The zero-order chi connectivity index (χ0) is 10.3. The van der Waals surface area contributed by atoms with Crippen LogP contribution in [0.4, 0.5) is 0 Å². The first-order chi connectivity index (χ1) is 6.47. The fourth-order valence-electron chi connectivity index (χ4n) is 1.15. The van der Waals surface area contributed by atoms with Crippen molar-refractivity contribution in [1.82, 2.24) is 15.0 Å². The summed E-state index contributed by atoms with van der Waals surface area (Å²) in [6, 6.07) is 4.36. The second-order valence-corrected chi connectivity index (χ2v) is 5.34. The lowest BCUT2D eigenvalue weighted by molar-refractivity contribution is 0.609. The molecule has 0 aliphatic carbocycles. The van der Waals surface area contributed by atoms with Gasteiger partial charge in [0.05, 0.1) is 4.90 Å². The maximum absolute atomic E-state index is 11.0. The Hall–Kier alpha value is -1.14. The van der Waals surface area contributed by atoms with Crippen molar-refractivity contribution in [3.63, 3.8) is 0 Å². The van der Waals surface area contributed by atoms with Gasteiger partial charge in [-0.05, 0) is 18.2 Å². The summed E-state index contributed by atoms with van der Waals surface area (Å²) in [4.78, 5) is 1.40. The average Bonchev–Trinajstić information content (AvgIpc) is 2.41. The summed E-state index contributed by atoms with van der Waals surface area (Å²) in [5.74, 6) is 0. The fraction of sp³-hybridized carbons (Fsp3) is 0.143. The highest BCUT2D eigenvalue weighted by atomic mass is 35.7. The van der Waals surface area contributed by atoms with Gasteiger partial charge in [0.25, 0.3) is 9.05 Å². The Balaban J connectivity index is 2.74. The lowest BCUT2D eigenvalue weighted by atomic mass is 10.3. The normalized spacial score (nSPS) is 12.1. The van der Waals surface area contributed by atoms with Crippen molar-refractivity contribution >= 4 is 30.8 Å². The first kappa shape index (κ1) is 9.42. The number of aromatic nitrogens is 3. The molecule has 0 saturated heterocycles. The predicted molar refractivity (Wildman–Crippen MR) is 51.5 cm³/mol. The van der Waals surface area contributed by atoms with Gasteiger partial charge in [-0.15, -0.1) is 0 Å². The average molecular weight is 232 g/mol. The van der Waals surface area contributed by atoms with Gasteiger partial charge >= 0.3 is 0 Å². The largest absolute Gasteiger partial charge is 0.261 e. The van der Waals surface area contributed by atoms with E-state index in [1.165, 1.54) is 16.9 Å². The molecule has 1 aromatic heterocycles. The van der Waals surface area contributed by atoms with Crippen LogP contribution in [0.3, 0.4) is 0 Å². The van der Waals surface area contributed by atoms with E-state index in [-0.39, 0.29) is 4.90 Å². The van der Waals surface area contributed by atoms with Crippen LogP contribution >= 0.6 is 10.7 Å². The van der Waals surface area contributed by atoms with E-state index in [4.69, 9.17) is 10.7 Å². The number of hydrogen-bond donors (Lipinski definition) is 0. The van der Waals surface area contributed by atoms with Gasteiger partial charge in [-0.25, -0.2) is 8.42 Å². The molecule has 1 aromatic carbocycles. The molecule has 2 aromatic rings. The Morgan fingerprint density at radius 1 is 1.29 bits per heavy atom. The fourth-order valence-corrected chi connectivity index (χ4v) is 1.92. The van der Waals surface area contributed by atoms with E-state index in [1.54, 1.807) is 13.1 Å². The maximum atomic E-state index is 11.0. The van der Waals surface area contributed by atoms with E-state index in [0.29, 0.717) is 11.0 Å². The Labute approximate surface area is 84.7 Å². The van der Waals surface area contributed by atoms with Crippen LogP contribution in [0.2, 0.25) is 0 Å². The molecule has 74 valence electrons. The molecule has 2 rings (SSSR count). The van der Waals surface area contributed by atoms with Crippen molar-refractivity contribution in [2.75, 3.05) is 0 Å². The third-order valence-electron chi connectivity index (χ3n) is 1.73. The van der Waals surface area contributed by atoms with E-state index in [0.717, 1.165) is 0 Å².